The van der Waals surface area contributed by atoms with Crippen molar-refractivity contribution in [3.8, 4) is 0 Å². The molecule has 0 bridgehead atoms. The van der Waals surface area contributed by atoms with E-state index in [0.29, 0.717) is 0 Å². The number of nitrogens with zero attached hydrogens (tertiary/aromatic N) is 1. The van der Waals surface area contributed by atoms with Gasteiger partial charge in [0.25, 0.3) is 0 Å². The molecule has 0 fully saturated rings. The number of hydrogen-bond acceptors (Lipinski definition) is 2. The number of aromatic nitrogens is 1. The summed E-state index contributed by atoms with van der Waals surface area (Å²) in [7, 11) is 0. The molecule has 0 radical (unpaired) electrons. The van der Waals surface area contributed by atoms with Gasteiger partial charge >= 0.3 is 12.1 Å². The second kappa shape index (κ2) is 3.48. The molecule has 0 aliphatic carbocycles. The van der Waals surface area contributed by atoms with E-state index in [0.717, 1.165) is 6.92 Å². The second-order valence-corrected chi connectivity index (χ2v) is 2.75. The summed E-state index contributed by atoms with van der Waals surface area (Å²) >= 11 is 0. The standard InChI is InChI=1S/C8H5F4NO2/c1-3-4(8(10,11)12)2-5(9)6(13-3)7(14)15/h2H,1H3,(H,14,15). The number of aromatic carboxylic acids is 1. The Morgan fingerprint density at radius 3 is 2.40 bits per heavy atom. The molecule has 82 valence electrons. The van der Waals surface area contributed by atoms with Crippen LogP contribution in [0.4, 0.5) is 17.6 Å². The van der Waals surface area contributed by atoms with E-state index >= 15 is 0 Å². The number of carboxylic acids is 1. The number of carboxylic acid groups (broad SMARTS) is 1. The first-order chi connectivity index (χ1) is 6.73. The van der Waals surface area contributed by atoms with Crippen LogP contribution in [0.3, 0.4) is 0 Å². The fraction of sp³-hybridized carbons (Fsp3) is 0.250. The molecule has 1 heterocycles. The third-order valence-corrected chi connectivity index (χ3v) is 1.67. The minimum atomic E-state index is -4.74. The Morgan fingerprint density at radius 2 is 2.00 bits per heavy atom. The van der Waals surface area contributed by atoms with Crippen molar-refractivity contribution in [2.45, 2.75) is 13.1 Å². The van der Waals surface area contributed by atoms with Crippen LogP contribution in [0.15, 0.2) is 6.07 Å². The summed E-state index contributed by atoms with van der Waals surface area (Å²) in [6, 6.07) is 0.131. The van der Waals surface area contributed by atoms with E-state index in [2.05, 4.69) is 4.98 Å². The molecule has 0 amide bonds. The van der Waals surface area contributed by atoms with Gasteiger partial charge < -0.3 is 5.11 Å². The van der Waals surface area contributed by atoms with Gasteiger partial charge in [0.1, 0.15) is 0 Å². The number of alkyl halides is 3. The molecule has 1 N–H and O–H groups in total. The summed E-state index contributed by atoms with van der Waals surface area (Å²) in [5.41, 5.74) is -2.85. The van der Waals surface area contributed by atoms with Crippen molar-refractivity contribution in [3.05, 3.63) is 28.8 Å². The molecule has 15 heavy (non-hydrogen) atoms. The van der Waals surface area contributed by atoms with E-state index in [-0.39, 0.29) is 6.07 Å². The first kappa shape index (κ1) is 11.4. The summed E-state index contributed by atoms with van der Waals surface area (Å²) in [5.74, 6) is -3.20. The molecular formula is C8H5F4NO2. The molecule has 1 aromatic rings. The highest BCUT2D eigenvalue weighted by Crippen LogP contribution is 2.31. The zero-order valence-corrected chi connectivity index (χ0v) is 7.39. The third-order valence-electron chi connectivity index (χ3n) is 1.67. The van der Waals surface area contributed by atoms with Gasteiger partial charge in [-0.2, -0.15) is 13.2 Å². The quantitative estimate of drug-likeness (QED) is 0.743. The van der Waals surface area contributed by atoms with E-state index in [9.17, 15) is 22.4 Å². The van der Waals surface area contributed by atoms with Crippen LogP contribution in [0.2, 0.25) is 0 Å². The monoisotopic (exact) mass is 223 g/mol. The summed E-state index contributed by atoms with van der Waals surface area (Å²) < 4.78 is 49.5. The molecule has 3 nitrogen and oxygen atoms in total. The first-order valence-corrected chi connectivity index (χ1v) is 3.71. The Kier molecular flexibility index (Phi) is 2.65. The number of rotatable bonds is 1. The first-order valence-electron chi connectivity index (χ1n) is 3.71. The summed E-state index contributed by atoms with van der Waals surface area (Å²) in [5, 5.41) is 8.40. The van der Waals surface area contributed by atoms with Crippen molar-refractivity contribution >= 4 is 5.97 Å². The topological polar surface area (TPSA) is 50.2 Å². The molecule has 0 aromatic carbocycles. The zero-order chi connectivity index (χ0) is 11.8. The molecule has 1 aromatic heterocycles. The summed E-state index contributed by atoms with van der Waals surface area (Å²) in [6.45, 7) is 0.967. The smallest absolute Gasteiger partial charge is 0.418 e. The number of hydrogen-bond donors (Lipinski definition) is 1. The summed E-state index contributed by atoms with van der Waals surface area (Å²) in [6.07, 6.45) is -4.74. The molecule has 0 spiro atoms. The van der Waals surface area contributed by atoms with Crippen molar-refractivity contribution in [3.63, 3.8) is 0 Å². The van der Waals surface area contributed by atoms with Crippen LogP contribution in [0, 0.1) is 12.7 Å². The fourth-order valence-electron chi connectivity index (χ4n) is 1.02. The van der Waals surface area contributed by atoms with Crippen LogP contribution in [-0.4, -0.2) is 16.1 Å². The second-order valence-electron chi connectivity index (χ2n) is 2.75. The highest BCUT2D eigenvalue weighted by atomic mass is 19.4. The molecule has 0 saturated heterocycles. The highest BCUT2D eigenvalue weighted by Gasteiger charge is 2.34. The van der Waals surface area contributed by atoms with Gasteiger partial charge in [-0.1, -0.05) is 0 Å². The lowest BCUT2D eigenvalue weighted by atomic mass is 10.1. The Morgan fingerprint density at radius 1 is 1.47 bits per heavy atom. The van der Waals surface area contributed by atoms with E-state index in [1.165, 1.54) is 0 Å². The number of aryl methyl sites for hydroxylation is 1. The molecular weight excluding hydrogens is 218 g/mol. The van der Waals surface area contributed by atoms with Gasteiger partial charge in [-0.25, -0.2) is 14.2 Å². The average Bonchev–Trinajstić information content (AvgIpc) is 2.06. The summed E-state index contributed by atoms with van der Waals surface area (Å²) in [4.78, 5) is 13.4. The maximum Gasteiger partial charge on any atom is 0.418 e. The molecule has 0 aliphatic rings. The van der Waals surface area contributed by atoms with E-state index in [1.54, 1.807) is 0 Å². The highest BCUT2D eigenvalue weighted by molar-refractivity contribution is 5.85. The predicted octanol–water partition coefficient (Wildman–Crippen LogP) is 2.25. The Balaban J connectivity index is 3.39. The minimum Gasteiger partial charge on any atom is -0.476 e. The lowest BCUT2D eigenvalue weighted by Crippen LogP contribution is -2.13. The molecule has 0 atom stereocenters. The Labute approximate surface area is 81.4 Å². The fourth-order valence-corrected chi connectivity index (χ4v) is 1.02. The lowest BCUT2D eigenvalue weighted by molar-refractivity contribution is -0.138. The molecule has 1 rings (SSSR count). The Hall–Kier alpha value is -1.66. The van der Waals surface area contributed by atoms with E-state index in [1.807, 2.05) is 0 Å². The molecule has 0 aliphatic heterocycles. The van der Waals surface area contributed by atoms with Gasteiger partial charge in [-0.15, -0.1) is 0 Å². The minimum absolute atomic E-state index is 0.131. The number of pyridine rings is 1. The van der Waals surface area contributed by atoms with Crippen molar-refractivity contribution in [1.82, 2.24) is 4.98 Å². The molecule has 7 heteroatoms. The largest absolute Gasteiger partial charge is 0.476 e. The van der Waals surface area contributed by atoms with Gasteiger partial charge in [-0.3, -0.25) is 0 Å². The van der Waals surface area contributed by atoms with Crippen LogP contribution in [-0.2, 0) is 6.18 Å². The maximum absolute atomic E-state index is 12.9. The van der Waals surface area contributed by atoms with Crippen LogP contribution in [0.25, 0.3) is 0 Å². The third kappa shape index (κ3) is 2.23. The molecule has 0 unspecified atom stereocenters. The van der Waals surface area contributed by atoms with Crippen LogP contribution < -0.4 is 0 Å². The van der Waals surface area contributed by atoms with Crippen molar-refractivity contribution in [2.24, 2.45) is 0 Å². The average molecular weight is 223 g/mol. The van der Waals surface area contributed by atoms with Crippen molar-refractivity contribution < 1.29 is 27.5 Å². The molecule has 0 saturated carbocycles. The van der Waals surface area contributed by atoms with Gasteiger partial charge in [0.2, 0.25) is 0 Å². The van der Waals surface area contributed by atoms with Crippen molar-refractivity contribution in [2.75, 3.05) is 0 Å². The predicted molar refractivity (Wildman–Crippen MR) is 40.9 cm³/mol. The van der Waals surface area contributed by atoms with E-state index in [4.69, 9.17) is 5.11 Å². The lowest BCUT2D eigenvalue weighted by Gasteiger charge is -2.10. The van der Waals surface area contributed by atoms with Crippen LogP contribution >= 0.6 is 0 Å². The SMILES string of the molecule is Cc1nc(C(=O)O)c(F)cc1C(F)(F)F. The van der Waals surface area contributed by atoms with Crippen LogP contribution in [0.5, 0.6) is 0 Å². The normalized spacial score (nSPS) is 11.5. The number of halogens is 4. The van der Waals surface area contributed by atoms with Gasteiger partial charge in [-0.05, 0) is 13.0 Å². The van der Waals surface area contributed by atoms with Crippen LogP contribution in [0.1, 0.15) is 21.7 Å². The van der Waals surface area contributed by atoms with Gasteiger partial charge in [0, 0.05) is 0 Å². The maximum atomic E-state index is 12.9. The Bertz CT molecular complexity index is 414. The van der Waals surface area contributed by atoms with Crippen molar-refractivity contribution in [1.29, 1.82) is 0 Å². The number of carbonyl (C=O) groups is 1. The van der Waals surface area contributed by atoms with Gasteiger partial charge in [0.05, 0.1) is 11.3 Å². The zero-order valence-electron chi connectivity index (χ0n) is 7.39. The van der Waals surface area contributed by atoms with Gasteiger partial charge in [0.15, 0.2) is 11.5 Å². The van der Waals surface area contributed by atoms with E-state index < -0.39 is 34.9 Å².